The molecule has 3 atom stereocenters. The topological polar surface area (TPSA) is 60.4 Å². The molecule has 1 aliphatic carbocycles. The van der Waals surface area contributed by atoms with E-state index in [4.69, 9.17) is 0 Å². The van der Waals surface area contributed by atoms with Crippen LogP contribution in [0.1, 0.15) is 46.2 Å². The number of halogens is 1. The second kappa shape index (κ2) is 12.3. The number of nitrogens with zero attached hydrogens (tertiary/aromatic N) is 6. The summed E-state index contributed by atoms with van der Waals surface area (Å²) in [7, 11) is 3.78. The minimum absolute atomic E-state index is 0.0139. The van der Waals surface area contributed by atoms with Crippen LogP contribution in [0, 0.1) is 17.8 Å². The number of tetrazole rings is 1. The lowest BCUT2D eigenvalue weighted by atomic mass is 9.71. The van der Waals surface area contributed by atoms with Crippen molar-refractivity contribution in [1.29, 1.82) is 0 Å². The Morgan fingerprint density at radius 3 is 2.60 bits per heavy atom. The van der Waals surface area contributed by atoms with Gasteiger partial charge in [-0.2, -0.15) is 4.57 Å². The molecule has 7 heteroatoms. The number of allylic oxidation sites excluding steroid dienone is 6. The molecule has 0 saturated heterocycles. The summed E-state index contributed by atoms with van der Waals surface area (Å²) in [6.45, 7) is 8.50. The normalized spacial score (nSPS) is 17.6. The maximum absolute atomic E-state index is 14.1. The summed E-state index contributed by atoms with van der Waals surface area (Å²) in [5.74, 6) is 1.76. The van der Waals surface area contributed by atoms with Crippen LogP contribution in [0.4, 0.5) is 4.39 Å². The summed E-state index contributed by atoms with van der Waals surface area (Å²) in [6, 6.07) is 11.9. The highest BCUT2D eigenvalue weighted by Crippen LogP contribution is 2.43. The largest absolute Gasteiger partial charge is 0.257 e. The average molecular weight is 476 g/mol. The van der Waals surface area contributed by atoms with Gasteiger partial charge in [0.1, 0.15) is 12.9 Å². The third-order valence-electron chi connectivity index (χ3n) is 6.61. The lowest BCUT2D eigenvalue weighted by molar-refractivity contribution is -0.660. The number of pyridine rings is 2. The van der Waals surface area contributed by atoms with Gasteiger partial charge in [-0.15, -0.1) is 5.10 Å². The fourth-order valence-corrected chi connectivity index (χ4v) is 4.64. The summed E-state index contributed by atoms with van der Waals surface area (Å²) in [5.41, 5.74) is 4.18. The fraction of sp³-hybridized carbons (Fsp3) is 0.393. The third-order valence-corrected chi connectivity index (χ3v) is 6.61. The third kappa shape index (κ3) is 6.35. The molecule has 3 heterocycles. The van der Waals surface area contributed by atoms with Crippen molar-refractivity contribution < 1.29 is 8.96 Å². The molecule has 0 radical (unpaired) electrons. The first-order valence-electron chi connectivity index (χ1n) is 12.2. The molecule has 6 nitrogen and oxygen atoms in total. The smallest absolute Gasteiger partial charge is 0.251 e. The number of hydrogen-bond acceptors (Lipinski definition) is 4. The maximum Gasteiger partial charge on any atom is 0.251 e. The first-order chi connectivity index (χ1) is 16.9. The average Bonchev–Trinajstić information content (AvgIpc) is 3.28. The van der Waals surface area contributed by atoms with Crippen molar-refractivity contribution in [1.82, 2.24) is 25.2 Å². The van der Waals surface area contributed by atoms with Gasteiger partial charge in [0.25, 0.3) is 5.69 Å². The second-order valence-electron chi connectivity index (χ2n) is 9.03. The Labute approximate surface area is 207 Å². The molecule has 0 aliphatic heterocycles. The standard InChI is InChI=1S/C20H26FN.C8H10N5/c1-5-9-17(14(3)6-2)18-13-16(21)12-15(4)20(18)19-10-7-8-11-22-19;1-12-6-4-3-5-7(12)8-9-10-11-13(8)2/h5,7-12,14,17-18H,6,13H2,1-4H3;3-6H,1-2H3/q;+1. The van der Waals surface area contributed by atoms with Gasteiger partial charge in [-0.1, -0.05) is 38.5 Å². The molecule has 0 spiro atoms. The molecular formula is C28H36FN6+. The van der Waals surface area contributed by atoms with E-state index in [1.807, 2.05) is 81.3 Å². The zero-order valence-corrected chi connectivity index (χ0v) is 21.6. The molecule has 0 N–H and O–H groups in total. The van der Waals surface area contributed by atoms with Crippen molar-refractivity contribution in [2.75, 3.05) is 0 Å². The van der Waals surface area contributed by atoms with Crippen molar-refractivity contribution in [2.24, 2.45) is 31.8 Å². The fourth-order valence-electron chi connectivity index (χ4n) is 4.64. The Morgan fingerprint density at radius 2 is 2.00 bits per heavy atom. The minimum Gasteiger partial charge on any atom is -0.257 e. The van der Waals surface area contributed by atoms with E-state index >= 15 is 0 Å². The van der Waals surface area contributed by atoms with E-state index in [9.17, 15) is 4.39 Å². The molecule has 0 fully saturated rings. The van der Waals surface area contributed by atoms with Crippen LogP contribution >= 0.6 is 0 Å². The first-order valence-corrected chi connectivity index (χ1v) is 12.2. The van der Waals surface area contributed by atoms with E-state index in [0.29, 0.717) is 18.3 Å². The van der Waals surface area contributed by atoms with Gasteiger partial charge in [-0.25, -0.2) is 9.07 Å². The highest BCUT2D eigenvalue weighted by atomic mass is 19.1. The predicted octanol–water partition coefficient (Wildman–Crippen LogP) is 5.67. The lowest BCUT2D eigenvalue weighted by Gasteiger charge is -2.34. The van der Waals surface area contributed by atoms with Gasteiger partial charge >= 0.3 is 0 Å². The zero-order valence-electron chi connectivity index (χ0n) is 21.6. The van der Waals surface area contributed by atoms with Crippen molar-refractivity contribution >= 4 is 5.57 Å². The van der Waals surface area contributed by atoms with E-state index in [-0.39, 0.29) is 11.7 Å². The summed E-state index contributed by atoms with van der Waals surface area (Å²) in [5, 5.41) is 11.3. The Balaban J connectivity index is 0.000000223. The van der Waals surface area contributed by atoms with Crippen LogP contribution in [0.25, 0.3) is 17.1 Å². The molecule has 0 bridgehead atoms. The summed E-state index contributed by atoms with van der Waals surface area (Å²) < 4.78 is 17.7. The lowest BCUT2D eigenvalue weighted by Crippen LogP contribution is -2.30. The SMILES string of the molecule is CC=CC(C(C)CC)C1CC(F)=CC(C)=C1c1ccccn1.Cn1nnnc1-c1cccc[n+]1C. The first kappa shape index (κ1) is 26.1. The monoisotopic (exact) mass is 475 g/mol. The molecule has 3 aromatic rings. The molecule has 3 unspecified atom stereocenters. The highest BCUT2D eigenvalue weighted by molar-refractivity contribution is 5.72. The zero-order chi connectivity index (χ0) is 25.4. The molecule has 3 aromatic heterocycles. The Hall–Kier alpha value is -3.48. The predicted molar refractivity (Wildman–Crippen MR) is 137 cm³/mol. The van der Waals surface area contributed by atoms with Crippen molar-refractivity contribution in [3.63, 3.8) is 0 Å². The van der Waals surface area contributed by atoms with E-state index in [1.54, 1.807) is 10.8 Å². The Morgan fingerprint density at radius 1 is 1.23 bits per heavy atom. The van der Waals surface area contributed by atoms with Crippen LogP contribution in [0.2, 0.25) is 0 Å². The van der Waals surface area contributed by atoms with E-state index in [2.05, 4.69) is 46.5 Å². The number of aromatic nitrogens is 6. The van der Waals surface area contributed by atoms with Crippen LogP contribution in [-0.2, 0) is 14.1 Å². The summed E-state index contributed by atoms with van der Waals surface area (Å²) >= 11 is 0. The van der Waals surface area contributed by atoms with Crippen LogP contribution in [0.5, 0.6) is 0 Å². The number of aryl methyl sites for hydroxylation is 2. The number of hydrogen-bond donors (Lipinski definition) is 0. The van der Waals surface area contributed by atoms with Crippen molar-refractivity contribution in [2.45, 2.75) is 40.5 Å². The molecule has 0 saturated carbocycles. The van der Waals surface area contributed by atoms with E-state index in [1.165, 1.54) is 5.57 Å². The van der Waals surface area contributed by atoms with E-state index in [0.717, 1.165) is 29.2 Å². The summed E-state index contributed by atoms with van der Waals surface area (Å²) in [6.07, 6.45) is 11.4. The molecule has 4 rings (SSSR count). The molecular weight excluding hydrogens is 439 g/mol. The molecule has 35 heavy (non-hydrogen) atoms. The molecule has 1 aliphatic rings. The molecule has 0 aromatic carbocycles. The van der Waals surface area contributed by atoms with Gasteiger partial charge in [0, 0.05) is 31.8 Å². The van der Waals surface area contributed by atoms with Crippen LogP contribution in [0.3, 0.4) is 0 Å². The molecule has 184 valence electrons. The maximum atomic E-state index is 14.1. The van der Waals surface area contributed by atoms with Gasteiger partial charge in [0.15, 0.2) is 6.20 Å². The van der Waals surface area contributed by atoms with Crippen LogP contribution in [-0.4, -0.2) is 25.2 Å². The van der Waals surface area contributed by atoms with Gasteiger partial charge in [-0.3, -0.25) is 4.98 Å². The van der Waals surface area contributed by atoms with Gasteiger partial charge in [0.2, 0.25) is 5.82 Å². The van der Waals surface area contributed by atoms with Crippen molar-refractivity contribution in [3.05, 3.63) is 84.1 Å². The van der Waals surface area contributed by atoms with E-state index < -0.39 is 0 Å². The number of rotatable bonds is 6. The second-order valence-corrected chi connectivity index (χ2v) is 9.03. The van der Waals surface area contributed by atoms with Gasteiger partial charge in [0.05, 0.1) is 5.69 Å². The highest BCUT2D eigenvalue weighted by Gasteiger charge is 2.32. The van der Waals surface area contributed by atoms with Crippen LogP contribution in [0.15, 0.2) is 78.4 Å². The summed E-state index contributed by atoms with van der Waals surface area (Å²) in [4.78, 5) is 4.52. The quantitative estimate of drug-likeness (QED) is 0.341. The van der Waals surface area contributed by atoms with Gasteiger partial charge < -0.3 is 0 Å². The minimum atomic E-state index is -0.0139. The molecule has 0 amide bonds. The Kier molecular flexibility index (Phi) is 9.18. The van der Waals surface area contributed by atoms with Crippen LogP contribution < -0.4 is 4.57 Å². The van der Waals surface area contributed by atoms with Gasteiger partial charge in [-0.05, 0) is 77.4 Å². The Bertz CT molecular complexity index is 1190. The van der Waals surface area contributed by atoms with Crippen molar-refractivity contribution in [3.8, 4) is 11.5 Å².